The first-order valence-electron chi connectivity index (χ1n) is 8.78. The van der Waals surface area contributed by atoms with Crippen LogP contribution in [0.25, 0.3) is 0 Å². The molecule has 2 nitrogen and oxygen atoms in total. The van der Waals surface area contributed by atoms with Crippen LogP contribution in [0.1, 0.15) is 68.0 Å². The van der Waals surface area contributed by atoms with Gasteiger partial charge in [0.25, 0.3) is 0 Å². The van der Waals surface area contributed by atoms with Crippen LogP contribution in [0.2, 0.25) is 0 Å². The van der Waals surface area contributed by atoms with Crippen LogP contribution in [0.15, 0.2) is 24.3 Å². The van der Waals surface area contributed by atoms with Crippen molar-refractivity contribution in [2.45, 2.75) is 56.9 Å². The Balaban J connectivity index is 1.85. The molecule has 0 amide bonds. The zero-order valence-electron chi connectivity index (χ0n) is 13.4. The third-order valence-corrected chi connectivity index (χ3v) is 5.62. The second-order valence-corrected chi connectivity index (χ2v) is 7.11. The van der Waals surface area contributed by atoms with E-state index in [-0.39, 0.29) is 0 Å². The quantitative estimate of drug-likeness (QED) is 0.849. The molecule has 2 fully saturated rings. The molecule has 2 N–H and O–H groups in total. The van der Waals surface area contributed by atoms with Crippen LogP contribution < -0.4 is 5.73 Å². The Hall–Kier alpha value is -0.860. The van der Waals surface area contributed by atoms with E-state index in [2.05, 4.69) is 36.2 Å². The third-order valence-electron chi connectivity index (χ3n) is 5.62. The Morgan fingerprint density at radius 2 is 1.71 bits per heavy atom. The van der Waals surface area contributed by atoms with Gasteiger partial charge < -0.3 is 5.73 Å². The molecule has 0 bridgehead atoms. The van der Waals surface area contributed by atoms with Crippen LogP contribution in [0, 0.1) is 5.92 Å². The van der Waals surface area contributed by atoms with Crippen molar-refractivity contribution >= 4 is 0 Å². The smallest absolute Gasteiger partial charge is 0.0351 e. The first-order chi connectivity index (χ1) is 10.3. The normalized spacial score (nSPS) is 28.7. The molecule has 116 valence electrons. The van der Waals surface area contributed by atoms with Gasteiger partial charge in [0.15, 0.2) is 0 Å². The molecule has 1 aliphatic carbocycles. The summed E-state index contributed by atoms with van der Waals surface area (Å²) in [6.07, 6.45) is 9.67. The van der Waals surface area contributed by atoms with Crippen LogP contribution in [0.3, 0.4) is 0 Å². The zero-order valence-corrected chi connectivity index (χ0v) is 13.4. The van der Waals surface area contributed by atoms with E-state index < -0.39 is 0 Å². The average molecular weight is 286 g/mol. The van der Waals surface area contributed by atoms with Crippen LogP contribution in [-0.2, 0) is 0 Å². The van der Waals surface area contributed by atoms with E-state index in [1.165, 1.54) is 44.9 Å². The summed E-state index contributed by atoms with van der Waals surface area (Å²) < 4.78 is 0. The van der Waals surface area contributed by atoms with Crippen molar-refractivity contribution in [1.29, 1.82) is 0 Å². The predicted molar refractivity (Wildman–Crippen MR) is 89.4 cm³/mol. The molecule has 0 aromatic heterocycles. The Bertz CT molecular complexity index is 449. The van der Waals surface area contributed by atoms with E-state index in [1.807, 2.05) is 0 Å². The average Bonchev–Trinajstić information content (AvgIpc) is 2.73. The van der Waals surface area contributed by atoms with Crippen molar-refractivity contribution in [3.8, 4) is 0 Å². The van der Waals surface area contributed by atoms with Crippen LogP contribution in [0.5, 0.6) is 0 Å². The highest BCUT2D eigenvalue weighted by Crippen LogP contribution is 2.40. The number of benzene rings is 1. The summed E-state index contributed by atoms with van der Waals surface area (Å²) in [5.74, 6) is 1.45. The number of nitrogens with zero attached hydrogens (tertiary/aromatic N) is 1. The van der Waals surface area contributed by atoms with Gasteiger partial charge in [-0.1, -0.05) is 49.9 Å². The lowest BCUT2D eigenvalue weighted by atomic mass is 9.85. The van der Waals surface area contributed by atoms with Gasteiger partial charge in [0.1, 0.15) is 0 Å². The molecule has 1 heterocycles. The van der Waals surface area contributed by atoms with E-state index >= 15 is 0 Å². The summed E-state index contributed by atoms with van der Waals surface area (Å²) in [6, 6.07) is 9.81. The maximum Gasteiger partial charge on any atom is 0.0351 e. The second kappa shape index (κ2) is 6.93. The number of rotatable bonds is 3. The van der Waals surface area contributed by atoms with Gasteiger partial charge in [0.2, 0.25) is 0 Å². The summed E-state index contributed by atoms with van der Waals surface area (Å²) in [7, 11) is 2.27. The monoisotopic (exact) mass is 286 g/mol. The van der Waals surface area contributed by atoms with Gasteiger partial charge in [0, 0.05) is 12.6 Å². The predicted octanol–water partition coefficient (Wildman–Crippen LogP) is 4.08. The zero-order chi connectivity index (χ0) is 14.7. The molecule has 1 aliphatic heterocycles. The lowest BCUT2D eigenvalue weighted by Gasteiger charge is -2.26. The van der Waals surface area contributed by atoms with E-state index in [0.29, 0.717) is 12.0 Å². The Labute approximate surface area is 129 Å². The molecule has 2 heteroatoms. The minimum Gasteiger partial charge on any atom is -0.330 e. The van der Waals surface area contributed by atoms with Crippen molar-refractivity contribution in [2.75, 3.05) is 20.1 Å². The maximum atomic E-state index is 5.91. The van der Waals surface area contributed by atoms with E-state index in [4.69, 9.17) is 5.73 Å². The van der Waals surface area contributed by atoms with Gasteiger partial charge in [-0.15, -0.1) is 0 Å². The van der Waals surface area contributed by atoms with Crippen LogP contribution >= 0.6 is 0 Å². The molecule has 2 aliphatic rings. The van der Waals surface area contributed by atoms with E-state index in [0.717, 1.165) is 19.0 Å². The summed E-state index contributed by atoms with van der Waals surface area (Å²) in [5, 5.41) is 0. The van der Waals surface area contributed by atoms with Crippen LogP contribution in [-0.4, -0.2) is 25.0 Å². The van der Waals surface area contributed by atoms with Crippen molar-refractivity contribution in [3.05, 3.63) is 35.4 Å². The van der Waals surface area contributed by atoms with Crippen LogP contribution in [0.4, 0.5) is 0 Å². The first kappa shape index (κ1) is 15.1. The molecule has 1 aromatic rings. The fourth-order valence-corrected chi connectivity index (χ4v) is 4.42. The van der Waals surface area contributed by atoms with Gasteiger partial charge in [-0.25, -0.2) is 0 Å². The molecule has 2 atom stereocenters. The molecule has 1 saturated carbocycles. The maximum absolute atomic E-state index is 5.91. The molecule has 1 aromatic carbocycles. The van der Waals surface area contributed by atoms with Crippen molar-refractivity contribution in [2.24, 2.45) is 11.7 Å². The minimum atomic E-state index is 0.581. The molecule has 0 spiro atoms. The van der Waals surface area contributed by atoms with Gasteiger partial charge in [-0.05, 0) is 55.8 Å². The summed E-state index contributed by atoms with van der Waals surface area (Å²) in [4.78, 5) is 2.52. The van der Waals surface area contributed by atoms with Gasteiger partial charge >= 0.3 is 0 Å². The topological polar surface area (TPSA) is 29.3 Å². The second-order valence-electron chi connectivity index (χ2n) is 7.11. The molecule has 1 saturated heterocycles. The standard InChI is InChI=1S/C19H30N2/c1-21-14-15(13-20)12-19(21)18-11-7-6-10-17(18)16-8-4-2-3-5-9-16/h6-7,10-11,15-16,19H,2-5,8-9,12-14,20H2,1H3. The summed E-state index contributed by atoms with van der Waals surface area (Å²) in [5.41, 5.74) is 9.13. The highest BCUT2D eigenvalue weighted by Gasteiger charge is 2.32. The van der Waals surface area contributed by atoms with E-state index in [1.54, 1.807) is 11.1 Å². The molecule has 3 rings (SSSR count). The minimum absolute atomic E-state index is 0.581. The first-order valence-corrected chi connectivity index (χ1v) is 8.78. The molecule has 2 unspecified atom stereocenters. The van der Waals surface area contributed by atoms with Crippen molar-refractivity contribution in [1.82, 2.24) is 4.90 Å². The lowest BCUT2D eigenvalue weighted by Crippen LogP contribution is -2.21. The van der Waals surface area contributed by atoms with Crippen molar-refractivity contribution in [3.63, 3.8) is 0 Å². The SMILES string of the molecule is CN1CC(CN)CC1c1ccccc1C1CCCCCC1. The van der Waals surface area contributed by atoms with Gasteiger partial charge in [-0.2, -0.15) is 0 Å². The van der Waals surface area contributed by atoms with Gasteiger partial charge in [-0.3, -0.25) is 4.90 Å². The fraction of sp³-hybridized carbons (Fsp3) is 0.684. The Morgan fingerprint density at radius 1 is 1.05 bits per heavy atom. The van der Waals surface area contributed by atoms with Gasteiger partial charge in [0.05, 0.1) is 0 Å². The molecule has 21 heavy (non-hydrogen) atoms. The summed E-state index contributed by atoms with van der Waals surface area (Å²) >= 11 is 0. The molecular formula is C19H30N2. The number of nitrogens with two attached hydrogens (primary N) is 1. The summed E-state index contributed by atoms with van der Waals surface area (Å²) in [6.45, 7) is 1.98. The molecule has 0 radical (unpaired) electrons. The van der Waals surface area contributed by atoms with E-state index in [9.17, 15) is 0 Å². The Morgan fingerprint density at radius 3 is 2.33 bits per heavy atom. The third kappa shape index (κ3) is 3.32. The Kier molecular flexibility index (Phi) is 4.97. The fourth-order valence-electron chi connectivity index (χ4n) is 4.42. The lowest BCUT2D eigenvalue weighted by molar-refractivity contribution is 0.311. The highest BCUT2D eigenvalue weighted by atomic mass is 15.2. The number of hydrogen-bond donors (Lipinski definition) is 1. The number of likely N-dealkylation sites (tertiary alicyclic amines) is 1. The highest BCUT2D eigenvalue weighted by molar-refractivity contribution is 5.34. The largest absolute Gasteiger partial charge is 0.330 e. The number of hydrogen-bond acceptors (Lipinski definition) is 2. The van der Waals surface area contributed by atoms with Crippen molar-refractivity contribution < 1.29 is 0 Å². The molecular weight excluding hydrogens is 256 g/mol.